The van der Waals surface area contributed by atoms with Crippen LogP contribution in [0, 0.1) is 5.82 Å². The molecule has 0 aliphatic heterocycles. The molecule has 0 saturated carbocycles. The van der Waals surface area contributed by atoms with Gasteiger partial charge in [-0.05, 0) is 70.1 Å². The molecule has 168 valence electrons. The molecule has 0 bridgehead atoms. The van der Waals surface area contributed by atoms with Gasteiger partial charge in [0.05, 0.1) is 18.8 Å². The molecule has 1 heterocycles. The number of rotatable bonds is 7. The highest BCUT2D eigenvalue weighted by atomic mass is 19.1. The van der Waals surface area contributed by atoms with E-state index in [4.69, 9.17) is 4.74 Å². The van der Waals surface area contributed by atoms with Gasteiger partial charge in [-0.1, -0.05) is 18.2 Å². The number of nitrogens with one attached hydrogen (secondary N) is 1. The van der Waals surface area contributed by atoms with Crippen LogP contribution in [-0.2, 0) is 12.8 Å². The summed E-state index contributed by atoms with van der Waals surface area (Å²) in [4.78, 5) is 15.3. The number of likely N-dealkylation sites (N-methyl/N-ethyl adjacent to an activating group) is 1. The number of carbonyl (C=O) groups is 1. The second-order valence-electron chi connectivity index (χ2n) is 8.30. The summed E-state index contributed by atoms with van der Waals surface area (Å²) in [7, 11) is 5.61. The topological polar surface area (TPSA) is 59.4 Å². The second-order valence-corrected chi connectivity index (χ2v) is 8.30. The van der Waals surface area contributed by atoms with E-state index in [1.807, 2.05) is 38.4 Å². The van der Waals surface area contributed by atoms with Crippen LogP contribution in [0.1, 0.15) is 46.2 Å². The first-order valence-corrected chi connectivity index (χ1v) is 10.9. The Morgan fingerprint density at radius 3 is 2.59 bits per heavy atom. The lowest BCUT2D eigenvalue weighted by atomic mass is 9.95. The van der Waals surface area contributed by atoms with Gasteiger partial charge < -0.3 is 15.0 Å². The Hall–Kier alpha value is -3.19. The molecule has 0 fully saturated rings. The Kier molecular flexibility index (Phi) is 6.55. The molecule has 1 aliphatic rings. The summed E-state index contributed by atoms with van der Waals surface area (Å²) in [5.74, 6) is 0.308. The molecule has 3 aromatic rings. The van der Waals surface area contributed by atoms with Crippen molar-refractivity contribution in [3.63, 3.8) is 0 Å². The molecule has 1 amide bonds. The van der Waals surface area contributed by atoms with E-state index in [-0.39, 0.29) is 17.8 Å². The molecule has 1 aromatic heterocycles. The molecule has 32 heavy (non-hydrogen) atoms. The number of hydrogen-bond donors (Lipinski definition) is 1. The van der Waals surface area contributed by atoms with E-state index in [9.17, 15) is 9.18 Å². The number of benzene rings is 2. The van der Waals surface area contributed by atoms with Crippen molar-refractivity contribution in [1.82, 2.24) is 20.0 Å². The monoisotopic (exact) mass is 436 g/mol. The van der Waals surface area contributed by atoms with E-state index >= 15 is 0 Å². The maximum Gasteiger partial charge on any atom is 0.272 e. The van der Waals surface area contributed by atoms with Crippen LogP contribution in [0.3, 0.4) is 0 Å². The van der Waals surface area contributed by atoms with Crippen molar-refractivity contribution in [2.45, 2.75) is 31.7 Å². The molecule has 7 heteroatoms. The molecule has 1 atom stereocenters. The lowest BCUT2D eigenvalue weighted by molar-refractivity contribution is 0.0935. The standard InChI is InChI=1S/C25H29FN4O2/c1-29(2)22(19-8-5-7-11-23(19)32-3)16-27-25(31)24-20-9-4-6-10-21(20)30(28-24)18-14-12-17(26)13-15-18/h5,7-8,11-15,22H,4,6,9-10,16H2,1-3H3,(H,27,31). The van der Waals surface area contributed by atoms with Gasteiger partial charge in [0.1, 0.15) is 11.6 Å². The van der Waals surface area contributed by atoms with Crippen molar-refractivity contribution in [3.8, 4) is 11.4 Å². The van der Waals surface area contributed by atoms with Gasteiger partial charge >= 0.3 is 0 Å². The summed E-state index contributed by atoms with van der Waals surface area (Å²) < 4.78 is 20.7. The zero-order chi connectivity index (χ0) is 22.7. The Morgan fingerprint density at radius 1 is 1.16 bits per heavy atom. The Labute approximate surface area is 188 Å². The van der Waals surface area contributed by atoms with Gasteiger partial charge in [0.2, 0.25) is 0 Å². The van der Waals surface area contributed by atoms with Crippen LogP contribution in [0.5, 0.6) is 5.75 Å². The third kappa shape index (κ3) is 4.39. The number of para-hydroxylation sites is 1. The van der Waals surface area contributed by atoms with Gasteiger partial charge in [-0.25, -0.2) is 9.07 Å². The molecule has 0 spiro atoms. The van der Waals surface area contributed by atoms with Crippen LogP contribution in [0.15, 0.2) is 48.5 Å². The lowest BCUT2D eigenvalue weighted by Gasteiger charge is -2.26. The Balaban J connectivity index is 1.60. The smallest absolute Gasteiger partial charge is 0.272 e. The number of aromatic nitrogens is 2. The van der Waals surface area contributed by atoms with Crippen LogP contribution in [-0.4, -0.2) is 48.3 Å². The molecular formula is C25H29FN4O2. The molecule has 1 aliphatic carbocycles. The van der Waals surface area contributed by atoms with Gasteiger partial charge in [0.15, 0.2) is 5.69 Å². The summed E-state index contributed by atoms with van der Waals surface area (Å²) in [6, 6.07) is 14.0. The minimum absolute atomic E-state index is 0.0508. The van der Waals surface area contributed by atoms with Crippen LogP contribution in [0.4, 0.5) is 4.39 Å². The largest absolute Gasteiger partial charge is 0.496 e. The fraction of sp³-hybridized carbons (Fsp3) is 0.360. The normalized spacial score (nSPS) is 14.2. The molecule has 6 nitrogen and oxygen atoms in total. The van der Waals surface area contributed by atoms with E-state index < -0.39 is 0 Å². The summed E-state index contributed by atoms with van der Waals surface area (Å²) in [5, 5.41) is 7.75. The number of fused-ring (bicyclic) bond motifs is 1. The van der Waals surface area contributed by atoms with Crippen LogP contribution < -0.4 is 10.1 Å². The molecule has 0 saturated heterocycles. The van der Waals surface area contributed by atoms with E-state index in [0.29, 0.717) is 12.2 Å². The van der Waals surface area contributed by atoms with Crippen LogP contribution >= 0.6 is 0 Å². The molecule has 2 aromatic carbocycles. The minimum Gasteiger partial charge on any atom is -0.496 e. The third-order valence-corrected chi connectivity index (χ3v) is 6.04. The maximum atomic E-state index is 13.4. The van der Waals surface area contributed by atoms with Crippen molar-refractivity contribution in [3.05, 3.63) is 76.9 Å². The predicted molar refractivity (Wildman–Crippen MR) is 122 cm³/mol. The van der Waals surface area contributed by atoms with Gasteiger partial charge in [0, 0.05) is 23.4 Å². The quantitative estimate of drug-likeness (QED) is 0.610. The average Bonchev–Trinajstić information content (AvgIpc) is 3.19. The van der Waals surface area contributed by atoms with Crippen molar-refractivity contribution in [2.75, 3.05) is 27.7 Å². The third-order valence-electron chi connectivity index (χ3n) is 6.04. The molecule has 0 radical (unpaired) electrons. The fourth-order valence-corrected chi connectivity index (χ4v) is 4.36. The molecule has 1 unspecified atom stereocenters. The summed E-state index contributed by atoms with van der Waals surface area (Å²) in [6.45, 7) is 0.421. The van der Waals surface area contributed by atoms with Gasteiger partial charge in [-0.15, -0.1) is 0 Å². The zero-order valence-electron chi connectivity index (χ0n) is 18.8. The van der Waals surface area contributed by atoms with Crippen LogP contribution in [0.25, 0.3) is 5.69 Å². The first-order valence-electron chi connectivity index (χ1n) is 10.9. The lowest BCUT2D eigenvalue weighted by Crippen LogP contribution is -2.35. The summed E-state index contributed by atoms with van der Waals surface area (Å²) in [5.41, 5.74) is 4.28. The first-order chi connectivity index (χ1) is 15.5. The molecule has 1 N–H and O–H groups in total. The van der Waals surface area contributed by atoms with Crippen molar-refractivity contribution in [1.29, 1.82) is 0 Å². The second kappa shape index (κ2) is 9.53. The first kappa shape index (κ1) is 22.0. The van der Waals surface area contributed by atoms with E-state index in [0.717, 1.165) is 53.9 Å². The Bertz CT molecular complexity index is 1090. The highest BCUT2D eigenvalue weighted by Gasteiger charge is 2.27. The van der Waals surface area contributed by atoms with Crippen molar-refractivity contribution < 1.29 is 13.9 Å². The maximum absolute atomic E-state index is 13.4. The average molecular weight is 437 g/mol. The number of methoxy groups -OCH3 is 1. The van der Waals surface area contributed by atoms with E-state index in [2.05, 4.69) is 15.3 Å². The SMILES string of the molecule is COc1ccccc1C(CNC(=O)c1nn(-c2ccc(F)cc2)c2c1CCCC2)N(C)C. The highest BCUT2D eigenvalue weighted by molar-refractivity contribution is 5.94. The van der Waals surface area contributed by atoms with Gasteiger partial charge in [-0.3, -0.25) is 4.79 Å². The van der Waals surface area contributed by atoms with Gasteiger partial charge in [-0.2, -0.15) is 5.10 Å². The number of halogens is 1. The predicted octanol–water partition coefficient (Wildman–Crippen LogP) is 3.93. The number of nitrogens with zero attached hydrogens (tertiary/aromatic N) is 3. The Morgan fingerprint density at radius 2 is 1.88 bits per heavy atom. The van der Waals surface area contributed by atoms with E-state index in [1.54, 1.807) is 23.9 Å². The molecule has 4 rings (SSSR count). The highest BCUT2D eigenvalue weighted by Crippen LogP contribution is 2.29. The number of hydrogen-bond acceptors (Lipinski definition) is 4. The van der Waals surface area contributed by atoms with Gasteiger partial charge in [0.25, 0.3) is 5.91 Å². The zero-order valence-corrected chi connectivity index (χ0v) is 18.8. The van der Waals surface area contributed by atoms with Crippen LogP contribution in [0.2, 0.25) is 0 Å². The van der Waals surface area contributed by atoms with Crippen molar-refractivity contribution in [2.24, 2.45) is 0 Å². The summed E-state index contributed by atoms with van der Waals surface area (Å²) in [6.07, 6.45) is 3.76. The molecular weight excluding hydrogens is 407 g/mol. The minimum atomic E-state index is -0.293. The number of amides is 1. The van der Waals surface area contributed by atoms with Crippen molar-refractivity contribution >= 4 is 5.91 Å². The van der Waals surface area contributed by atoms with E-state index in [1.165, 1.54) is 12.1 Å². The fourth-order valence-electron chi connectivity index (χ4n) is 4.36. The number of ether oxygens (including phenoxy) is 1. The summed E-state index contributed by atoms with van der Waals surface area (Å²) >= 11 is 0. The number of carbonyl (C=O) groups excluding carboxylic acids is 1.